The van der Waals surface area contributed by atoms with Crippen LogP contribution in [0.4, 0.5) is 0 Å². The van der Waals surface area contributed by atoms with E-state index in [4.69, 9.17) is 0 Å². The molecule has 94 valence electrons. The molecule has 0 aromatic carbocycles. The second-order valence-electron chi connectivity index (χ2n) is 5.40. The molecule has 2 fully saturated rings. The van der Waals surface area contributed by atoms with Crippen LogP contribution in [0.5, 0.6) is 0 Å². The zero-order valence-electron chi connectivity index (χ0n) is 9.93. The molecule has 18 heavy (non-hydrogen) atoms. The minimum Gasteiger partial charge on any atom is -0.477 e. The monoisotopic (exact) mass is 262 g/mol. The first-order valence-corrected chi connectivity index (χ1v) is 7.27. The Morgan fingerprint density at radius 1 is 1.44 bits per heavy atom. The molecule has 1 N–H and O–H groups in total. The zero-order chi connectivity index (χ0) is 12.3. The average molecular weight is 262 g/mol. The van der Waals surface area contributed by atoms with Gasteiger partial charge in [-0.25, -0.2) is 9.78 Å². The van der Waals surface area contributed by atoms with Gasteiger partial charge in [0.2, 0.25) is 0 Å². The van der Waals surface area contributed by atoms with Gasteiger partial charge < -0.3 is 9.67 Å². The molecule has 4 nitrogen and oxygen atoms in total. The van der Waals surface area contributed by atoms with Crippen molar-refractivity contribution in [2.75, 3.05) is 0 Å². The number of carboxylic acids is 1. The van der Waals surface area contributed by atoms with E-state index in [1.54, 1.807) is 17.4 Å². The number of carbonyl (C=O) groups is 1. The Hall–Kier alpha value is -1.36. The quantitative estimate of drug-likeness (QED) is 0.921. The number of carboxylic acid groups (broad SMARTS) is 1. The number of aromatic carboxylic acids is 1. The van der Waals surface area contributed by atoms with Crippen LogP contribution >= 0.6 is 11.3 Å². The van der Waals surface area contributed by atoms with E-state index in [-0.39, 0.29) is 0 Å². The molecule has 0 unspecified atom stereocenters. The minimum absolute atomic E-state index is 0.401. The highest BCUT2D eigenvalue weighted by Gasteiger charge is 2.30. The van der Waals surface area contributed by atoms with Crippen molar-refractivity contribution in [2.24, 2.45) is 5.92 Å². The van der Waals surface area contributed by atoms with Crippen LogP contribution in [-0.2, 0) is 6.54 Å². The lowest BCUT2D eigenvalue weighted by molar-refractivity contribution is 0.0685. The third-order valence-corrected chi connectivity index (χ3v) is 4.90. The molecule has 5 heteroatoms. The number of fused-ring (bicyclic) bond motifs is 1. The smallest absolute Gasteiger partial charge is 0.352 e. The number of hydrogen-bond acceptors (Lipinski definition) is 3. The molecule has 4 rings (SSSR count). The Bertz CT molecular complexity index is 635. The highest BCUT2D eigenvalue weighted by Crippen LogP contribution is 2.44. The van der Waals surface area contributed by atoms with Gasteiger partial charge in [0, 0.05) is 12.5 Å². The average Bonchev–Trinajstić information content (AvgIpc) is 3.22. The minimum atomic E-state index is -0.839. The first-order chi connectivity index (χ1) is 8.72. The van der Waals surface area contributed by atoms with Crippen molar-refractivity contribution in [3.05, 3.63) is 16.8 Å². The molecule has 2 aromatic heterocycles. The van der Waals surface area contributed by atoms with Crippen LogP contribution in [0.2, 0.25) is 0 Å². The molecule has 0 aliphatic heterocycles. The van der Waals surface area contributed by atoms with Crippen LogP contribution in [0.3, 0.4) is 0 Å². The van der Waals surface area contributed by atoms with E-state index in [2.05, 4.69) is 4.98 Å². The van der Waals surface area contributed by atoms with Crippen molar-refractivity contribution >= 4 is 27.7 Å². The zero-order valence-corrected chi connectivity index (χ0v) is 10.7. The fourth-order valence-corrected chi connectivity index (χ4v) is 3.55. The summed E-state index contributed by atoms with van der Waals surface area (Å²) in [5.74, 6) is 0.462. The van der Waals surface area contributed by atoms with Gasteiger partial charge in [-0.15, -0.1) is 11.3 Å². The Morgan fingerprint density at radius 3 is 2.83 bits per heavy atom. The van der Waals surface area contributed by atoms with Crippen molar-refractivity contribution in [2.45, 2.75) is 38.1 Å². The van der Waals surface area contributed by atoms with E-state index >= 15 is 0 Å². The van der Waals surface area contributed by atoms with Crippen molar-refractivity contribution in [1.29, 1.82) is 0 Å². The molecule has 2 saturated carbocycles. The molecule has 2 aromatic rings. The number of rotatable bonds is 4. The molecule has 0 radical (unpaired) electrons. The highest BCUT2D eigenvalue weighted by atomic mass is 32.1. The molecule has 2 aliphatic rings. The van der Waals surface area contributed by atoms with Gasteiger partial charge in [0.15, 0.2) is 5.65 Å². The summed E-state index contributed by atoms with van der Waals surface area (Å²) in [4.78, 5) is 16.0. The van der Waals surface area contributed by atoms with Crippen molar-refractivity contribution in [3.63, 3.8) is 0 Å². The summed E-state index contributed by atoms with van der Waals surface area (Å²) in [7, 11) is 0. The fourth-order valence-electron chi connectivity index (χ4n) is 2.37. The SMILES string of the molecule is O=C(O)c1cc2sc(C3CC3)nc2n1CC1CC1. The molecule has 2 aliphatic carbocycles. The summed E-state index contributed by atoms with van der Waals surface area (Å²) < 4.78 is 2.95. The van der Waals surface area contributed by atoms with E-state index in [1.807, 2.05) is 4.57 Å². The van der Waals surface area contributed by atoms with Gasteiger partial charge in [0.25, 0.3) is 0 Å². The van der Waals surface area contributed by atoms with Crippen molar-refractivity contribution < 1.29 is 9.90 Å². The predicted molar refractivity (Wildman–Crippen MR) is 69.3 cm³/mol. The highest BCUT2D eigenvalue weighted by molar-refractivity contribution is 7.18. The molecule has 0 amide bonds. The molecule has 0 spiro atoms. The lowest BCUT2D eigenvalue weighted by Gasteiger charge is -2.05. The van der Waals surface area contributed by atoms with E-state index < -0.39 is 5.97 Å². The molecule has 0 bridgehead atoms. The van der Waals surface area contributed by atoms with E-state index in [0.717, 1.165) is 16.9 Å². The van der Waals surface area contributed by atoms with Gasteiger partial charge in [0.05, 0.1) is 9.71 Å². The van der Waals surface area contributed by atoms with Crippen LogP contribution in [-0.4, -0.2) is 20.6 Å². The van der Waals surface area contributed by atoms with E-state index in [0.29, 0.717) is 17.5 Å². The topological polar surface area (TPSA) is 55.1 Å². The fraction of sp³-hybridized carbons (Fsp3) is 0.538. The first-order valence-electron chi connectivity index (χ1n) is 6.45. The summed E-state index contributed by atoms with van der Waals surface area (Å²) in [5, 5.41) is 10.5. The Morgan fingerprint density at radius 2 is 2.22 bits per heavy atom. The van der Waals surface area contributed by atoms with Crippen molar-refractivity contribution in [3.8, 4) is 0 Å². The van der Waals surface area contributed by atoms with E-state index in [1.165, 1.54) is 30.7 Å². The Kier molecular flexibility index (Phi) is 2.09. The Balaban J connectivity index is 1.83. The number of hydrogen-bond donors (Lipinski definition) is 1. The van der Waals surface area contributed by atoms with Gasteiger partial charge in [0.1, 0.15) is 5.69 Å². The van der Waals surface area contributed by atoms with Crippen LogP contribution < -0.4 is 0 Å². The van der Waals surface area contributed by atoms with E-state index in [9.17, 15) is 9.90 Å². The number of thiazole rings is 1. The summed E-state index contributed by atoms with van der Waals surface area (Å²) in [6.45, 7) is 0.818. The maximum absolute atomic E-state index is 11.3. The number of nitrogens with zero attached hydrogens (tertiary/aromatic N) is 2. The maximum atomic E-state index is 11.3. The lowest BCUT2D eigenvalue weighted by atomic mass is 10.4. The predicted octanol–water partition coefficient (Wildman–Crippen LogP) is 3.08. The largest absolute Gasteiger partial charge is 0.477 e. The van der Waals surface area contributed by atoms with Crippen LogP contribution in [0, 0.1) is 5.92 Å². The first kappa shape index (κ1) is 10.6. The van der Waals surface area contributed by atoms with Crippen LogP contribution in [0.25, 0.3) is 10.3 Å². The lowest BCUT2D eigenvalue weighted by Crippen LogP contribution is -2.10. The van der Waals surface area contributed by atoms with Gasteiger partial charge in [-0.3, -0.25) is 0 Å². The van der Waals surface area contributed by atoms with Gasteiger partial charge in [-0.05, 0) is 37.7 Å². The molecule has 2 heterocycles. The van der Waals surface area contributed by atoms with Gasteiger partial charge >= 0.3 is 5.97 Å². The van der Waals surface area contributed by atoms with Gasteiger partial charge in [-0.1, -0.05) is 0 Å². The van der Waals surface area contributed by atoms with Crippen LogP contribution in [0.15, 0.2) is 6.07 Å². The third-order valence-electron chi connectivity index (χ3n) is 3.75. The normalized spacial score (nSPS) is 19.6. The summed E-state index contributed by atoms with van der Waals surface area (Å²) in [6, 6.07) is 1.80. The summed E-state index contributed by atoms with van der Waals surface area (Å²) in [5.41, 5.74) is 1.30. The Labute approximate surface area is 108 Å². The summed E-state index contributed by atoms with van der Waals surface area (Å²) in [6.07, 6.45) is 4.92. The standard InChI is InChI=1S/C13H14N2O2S/c16-13(17)9-5-10-11(15(9)6-7-1-2-7)14-12(18-10)8-3-4-8/h5,7-8H,1-4,6H2,(H,16,17). The van der Waals surface area contributed by atoms with Crippen molar-refractivity contribution in [1.82, 2.24) is 9.55 Å². The number of aromatic nitrogens is 2. The second-order valence-corrected chi connectivity index (χ2v) is 6.47. The maximum Gasteiger partial charge on any atom is 0.352 e. The molecular weight excluding hydrogens is 248 g/mol. The molecular formula is C13H14N2O2S. The van der Waals surface area contributed by atoms with Gasteiger partial charge in [-0.2, -0.15) is 0 Å². The molecule has 0 saturated heterocycles. The molecule has 0 atom stereocenters. The third kappa shape index (κ3) is 1.65. The summed E-state index contributed by atoms with van der Waals surface area (Å²) >= 11 is 1.67. The second kappa shape index (κ2) is 3.57. The van der Waals surface area contributed by atoms with Crippen LogP contribution in [0.1, 0.15) is 47.1 Å².